The van der Waals surface area contributed by atoms with E-state index < -0.39 is 5.97 Å². The van der Waals surface area contributed by atoms with E-state index in [-0.39, 0.29) is 5.76 Å². The molecule has 7 heteroatoms. The third-order valence-corrected chi connectivity index (χ3v) is 6.38. The molecule has 0 unspecified atom stereocenters. The summed E-state index contributed by atoms with van der Waals surface area (Å²) in [5.74, 6) is 1.95. The van der Waals surface area contributed by atoms with Gasteiger partial charge in [0.25, 0.3) is 0 Å². The van der Waals surface area contributed by atoms with Crippen molar-refractivity contribution in [3.05, 3.63) is 40.3 Å². The molecule has 28 heavy (non-hydrogen) atoms. The van der Waals surface area contributed by atoms with E-state index in [1.165, 1.54) is 42.8 Å². The number of pyridine rings is 1. The molecule has 0 amide bonds. The molecule has 0 saturated carbocycles. The van der Waals surface area contributed by atoms with E-state index in [9.17, 15) is 10.1 Å². The summed E-state index contributed by atoms with van der Waals surface area (Å²) in [6.45, 7) is 2.08. The standard InChI is InChI=1S/C21H23N3O3S/c1-26-21(25)18-9-8-14(27-18)13-28-20-17(12-22)15-6-2-3-7-16(15)19(23-20)24-10-4-5-11-24/h8-9H,2-7,10-11,13H2,1H3. The van der Waals surface area contributed by atoms with Gasteiger partial charge in [0.15, 0.2) is 0 Å². The van der Waals surface area contributed by atoms with Gasteiger partial charge >= 0.3 is 5.97 Å². The molecule has 0 spiro atoms. The van der Waals surface area contributed by atoms with Gasteiger partial charge in [0, 0.05) is 13.1 Å². The molecule has 0 N–H and O–H groups in total. The quantitative estimate of drug-likeness (QED) is 0.555. The van der Waals surface area contributed by atoms with Crippen LogP contribution in [0.3, 0.4) is 0 Å². The van der Waals surface area contributed by atoms with Crippen LogP contribution in [0.25, 0.3) is 0 Å². The smallest absolute Gasteiger partial charge is 0.373 e. The van der Waals surface area contributed by atoms with Crippen LogP contribution >= 0.6 is 11.8 Å². The number of nitriles is 1. The number of esters is 1. The van der Waals surface area contributed by atoms with Gasteiger partial charge in [-0.05, 0) is 61.8 Å². The Labute approximate surface area is 168 Å². The predicted octanol–water partition coefficient (Wildman–Crippen LogP) is 4.10. The maximum atomic E-state index is 11.6. The number of thioether (sulfide) groups is 1. The molecule has 0 atom stereocenters. The van der Waals surface area contributed by atoms with E-state index in [1.807, 2.05) is 0 Å². The third kappa shape index (κ3) is 3.61. The topological polar surface area (TPSA) is 79.4 Å². The fourth-order valence-electron chi connectivity index (χ4n) is 3.99. The van der Waals surface area contributed by atoms with Crippen molar-refractivity contribution < 1.29 is 13.9 Å². The highest BCUT2D eigenvalue weighted by Crippen LogP contribution is 2.38. The SMILES string of the molecule is COC(=O)c1ccc(CSc2nc(N3CCCC3)c3c(c2C#N)CCCC3)o1. The zero-order valence-corrected chi connectivity index (χ0v) is 16.8. The Morgan fingerprint density at radius 3 is 2.71 bits per heavy atom. The van der Waals surface area contributed by atoms with Crippen LogP contribution in [-0.2, 0) is 23.3 Å². The van der Waals surface area contributed by atoms with Crippen molar-refractivity contribution in [2.24, 2.45) is 0 Å². The number of furan rings is 1. The van der Waals surface area contributed by atoms with Crippen LogP contribution in [0.15, 0.2) is 21.6 Å². The lowest BCUT2D eigenvalue weighted by molar-refractivity contribution is 0.0563. The number of ether oxygens (including phenoxy) is 1. The summed E-state index contributed by atoms with van der Waals surface area (Å²) in [5, 5.41) is 10.6. The van der Waals surface area contributed by atoms with Crippen LogP contribution in [0, 0.1) is 11.3 Å². The highest BCUT2D eigenvalue weighted by atomic mass is 32.2. The molecule has 1 fully saturated rings. The Hall–Kier alpha value is -2.46. The molecule has 146 valence electrons. The normalized spacial score (nSPS) is 15.9. The monoisotopic (exact) mass is 397 g/mol. The van der Waals surface area contributed by atoms with Gasteiger partial charge in [-0.3, -0.25) is 0 Å². The number of hydrogen-bond donors (Lipinski definition) is 0. The first-order chi connectivity index (χ1) is 13.7. The first kappa shape index (κ1) is 18.9. The van der Waals surface area contributed by atoms with Crippen molar-refractivity contribution >= 4 is 23.5 Å². The van der Waals surface area contributed by atoms with E-state index in [4.69, 9.17) is 9.40 Å². The largest absolute Gasteiger partial charge is 0.463 e. The second kappa shape index (κ2) is 8.27. The summed E-state index contributed by atoms with van der Waals surface area (Å²) in [6.07, 6.45) is 6.63. The number of methoxy groups -OCH3 is 1. The van der Waals surface area contributed by atoms with Gasteiger partial charge < -0.3 is 14.1 Å². The highest BCUT2D eigenvalue weighted by Gasteiger charge is 2.26. The lowest BCUT2D eigenvalue weighted by atomic mass is 9.89. The van der Waals surface area contributed by atoms with Gasteiger partial charge in [0.05, 0.1) is 18.4 Å². The summed E-state index contributed by atoms with van der Waals surface area (Å²) in [6, 6.07) is 5.79. The molecule has 2 aromatic rings. The van der Waals surface area contributed by atoms with Crippen LogP contribution < -0.4 is 4.90 Å². The van der Waals surface area contributed by atoms with Crippen molar-refractivity contribution in [2.45, 2.75) is 49.3 Å². The number of nitrogens with zero attached hydrogens (tertiary/aromatic N) is 3. The summed E-state index contributed by atoms with van der Waals surface area (Å²) in [5.41, 5.74) is 3.17. The van der Waals surface area contributed by atoms with Crippen LogP contribution in [-0.4, -0.2) is 31.2 Å². The molecule has 2 aromatic heterocycles. The average Bonchev–Trinajstić information content (AvgIpc) is 3.43. The Balaban J connectivity index is 1.64. The minimum absolute atomic E-state index is 0.190. The third-order valence-electron chi connectivity index (χ3n) is 5.38. The highest BCUT2D eigenvalue weighted by molar-refractivity contribution is 7.98. The number of anilines is 1. The minimum atomic E-state index is -0.489. The number of rotatable bonds is 5. The molecule has 0 radical (unpaired) electrons. The molecule has 3 heterocycles. The maximum Gasteiger partial charge on any atom is 0.373 e. The number of carbonyl (C=O) groups is 1. The molecule has 1 aliphatic carbocycles. The molecular weight excluding hydrogens is 374 g/mol. The minimum Gasteiger partial charge on any atom is -0.463 e. The summed E-state index contributed by atoms with van der Waals surface area (Å²) >= 11 is 1.50. The van der Waals surface area contributed by atoms with E-state index in [0.717, 1.165) is 49.6 Å². The summed E-state index contributed by atoms with van der Waals surface area (Å²) in [4.78, 5) is 18.9. The van der Waals surface area contributed by atoms with Crippen LogP contribution in [0.1, 0.15) is 58.7 Å². The number of carbonyl (C=O) groups excluding carboxylic acids is 1. The summed E-state index contributed by atoms with van der Waals surface area (Å²) < 4.78 is 10.2. The zero-order valence-electron chi connectivity index (χ0n) is 16.0. The van der Waals surface area contributed by atoms with Gasteiger partial charge in [-0.1, -0.05) is 11.8 Å². The van der Waals surface area contributed by atoms with Crippen molar-refractivity contribution in [1.82, 2.24) is 4.98 Å². The number of fused-ring (bicyclic) bond motifs is 1. The molecular formula is C21H23N3O3S. The molecule has 2 aliphatic rings. The first-order valence-corrected chi connectivity index (χ1v) is 10.7. The molecule has 1 aliphatic heterocycles. The zero-order chi connectivity index (χ0) is 19.5. The predicted molar refractivity (Wildman–Crippen MR) is 107 cm³/mol. The Bertz CT molecular complexity index is 926. The van der Waals surface area contributed by atoms with Crippen LogP contribution in [0.2, 0.25) is 0 Å². The second-order valence-corrected chi connectivity index (χ2v) is 8.10. The Kier molecular flexibility index (Phi) is 5.58. The van der Waals surface area contributed by atoms with Crippen molar-refractivity contribution in [3.8, 4) is 6.07 Å². The molecule has 0 aromatic carbocycles. The van der Waals surface area contributed by atoms with Crippen molar-refractivity contribution in [3.63, 3.8) is 0 Å². The average molecular weight is 398 g/mol. The fraction of sp³-hybridized carbons (Fsp3) is 0.476. The number of aromatic nitrogens is 1. The van der Waals surface area contributed by atoms with E-state index in [1.54, 1.807) is 12.1 Å². The van der Waals surface area contributed by atoms with Crippen molar-refractivity contribution in [2.75, 3.05) is 25.1 Å². The van der Waals surface area contributed by atoms with E-state index in [2.05, 4.69) is 15.7 Å². The Morgan fingerprint density at radius 2 is 2.00 bits per heavy atom. The van der Waals surface area contributed by atoms with Crippen LogP contribution in [0.5, 0.6) is 0 Å². The molecule has 0 bridgehead atoms. The molecule has 4 rings (SSSR count). The fourth-order valence-corrected chi connectivity index (χ4v) is 4.89. The molecule has 6 nitrogen and oxygen atoms in total. The lowest BCUT2D eigenvalue weighted by Crippen LogP contribution is -2.23. The van der Waals surface area contributed by atoms with Gasteiger partial charge in [-0.15, -0.1) is 0 Å². The maximum absolute atomic E-state index is 11.6. The first-order valence-electron chi connectivity index (χ1n) is 9.72. The van der Waals surface area contributed by atoms with Crippen LogP contribution in [0.4, 0.5) is 5.82 Å². The van der Waals surface area contributed by atoms with Crippen molar-refractivity contribution in [1.29, 1.82) is 5.26 Å². The van der Waals surface area contributed by atoms with Gasteiger partial charge in [-0.2, -0.15) is 5.26 Å². The molecule has 1 saturated heterocycles. The Morgan fingerprint density at radius 1 is 1.25 bits per heavy atom. The van der Waals surface area contributed by atoms with E-state index >= 15 is 0 Å². The second-order valence-electron chi connectivity index (χ2n) is 7.13. The van der Waals surface area contributed by atoms with Gasteiger partial charge in [0.2, 0.25) is 5.76 Å². The summed E-state index contributed by atoms with van der Waals surface area (Å²) in [7, 11) is 1.33. The van der Waals surface area contributed by atoms with Gasteiger partial charge in [0.1, 0.15) is 22.7 Å². The van der Waals surface area contributed by atoms with Gasteiger partial charge in [-0.25, -0.2) is 9.78 Å². The van der Waals surface area contributed by atoms with E-state index in [0.29, 0.717) is 17.1 Å². The lowest BCUT2D eigenvalue weighted by Gasteiger charge is -2.27. The number of hydrogen-bond acceptors (Lipinski definition) is 7.